The second-order valence-electron chi connectivity index (χ2n) is 10.1. The monoisotopic (exact) mass is 428 g/mol. The summed E-state index contributed by atoms with van der Waals surface area (Å²) in [5, 5.41) is 22.1. The summed E-state index contributed by atoms with van der Waals surface area (Å²) in [5.41, 5.74) is -1.13. The first-order valence-electron chi connectivity index (χ1n) is 11.7. The molecule has 1 aliphatic heterocycles. The highest BCUT2D eigenvalue weighted by Gasteiger charge is 2.39. The average Bonchev–Trinajstić information content (AvgIpc) is 3.37. The quantitative estimate of drug-likeness (QED) is 0.753. The number of rotatable bonds is 4. The molecule has 6 heteroatoms. The van der Waals surface area contributed by atoms with E-state index in [0.29, 0.717) is 47.5 Å². The van der Waals surface area contributed by atoms with Gasteiger partial charge in [0.2, 0.25) is 0 Å². The van der Waals surface area contributed by atoms with Crippen molar-refractivity contribution < 1.29 is 24.1 Å². The van der Waals surface area contributed by atoms with Crippen molar-refractivity contribution in [2.45, 2.75) is 101 Å². The first-order valence-corrected chi connectivity index (χ1v) is 11.7. The molecule has 2 fully saturated rings. The summed E-state index contributed by atoms with van der Waals surface area (Å²) in [6.45, 7) is 3.45. The molecule has 1 aromatic carbocycles. The Morgan fingerprint density at radius 2 is 1.81 bits per heavy atom. The third-order valence-corrected chi connectivity index (χ3v) is 7.21. The topological polar surface area (TPSA) is 89.1 Å². The molecule has 0 spiro atoms. The molecule has 2 saturated carbocycles. The molecular formula is C25H32O6. The largest absolute Gasteiger partial charge is 0.489 e. The predicted molar refractivity (Wildman–Crippen MR) is 117 cm³/mol. The Labute approximate surface area is 182 Å². The highest BCUT2D eigenvalue weighted by molar-refractivity contribution is 5.88. The van der Waals surface area contributed by atoms with Gasteiger partial charge in [-0.2, -0.15) is 0 Å². The second kappa shape index (κ2) is 7.52. The van der Waals surface area contributed by atoms with Crippen molar-refractivity contribution in [2.24, 2.45) is 0 Å². The maximum atomic E-state index is 13.3. The van der Waals surface area contributed by atoms with Gasteiger partial charge in [0.15, 0.2) is 5.43 Å². The number of benzene rings is 1. The average molecular weight is 429 g/mol. The fourth-order valence-electron chi connectivity index (χ4n) is 5.29. The molecule has 2 N–H and O–H groups in total. The van der Waals surface area contributed by atoms with E-state index < -0.39 is 17.3 Å². The number of fused-ring (bicyclic) bond motifs is 2. The van der Waals surface area contributed by atoms with Gasteiger partial charge < -0.3 is 24.1 Å². The highest BCUT2D eigenvalue weighted by atomic mass is 16.5. The van der Waals surface area contributed by atoms with Gasteiger partial charge in [-0.1, -0.05) is 19.3 Å². The van der Waals surface area contributed by atoms with Crippen molar-refractivity contribution in [3.05, 3.63) is 33.7 Å². The zero-order chi connectivity index (χ0) is 21.8. The minimum atomic E-state index is -1.10. The molecule has 3 aliphatic rings. The van der Waals surface area contributed by atoms with E-state index in [2.05, 4.69) is 0 Å². The molecule has 1 aromatic heterocycles. The van der Waals surface area contributed by atoms with Crippen molar-refractivity contribution in [3.63, 3.8) is 0 Å². The van der Waals surface area contributed by atoms with E-state index in [9.17, 15) is 15.0 Å². The van der Waals surface area contributed by atoms with Crippen molar-refractivity contribution >= 4 is 11.0 Å². The van der Waals surface area contributed by atoms with Crippen LogP contribution in [0.25, 0.3) is 11.0 Å². The minimum absolute atomic E-state index is 0.0671. The normalized spacial score (nSPS) is 23.7. The smallest absolute Gasteiger partial charge is 0.196 e. The van der Waals surface area contributed by atoms with E-state index in [1.807, 2.05) is 0 Å². The van der Waals surface area contributed by atoms with Crippen LogP contribution in [0.3, 0.4) is 0 Å². The van der Waals surface area contributed by atoms with Crippen molar-refractivity contribution in [1.29, 1.82) is 0 Å². The molecule has 6 nitrogen and oxygen atoms in total. The molecule has 2 aliphatic carbocycles. The summed E-state index contributed by atoms with van der Waals surface area (Å²) < 4.78 is 18.6. The number of hydrogen-bond acceptors (Lipinski definition) is 6. The van der Waals surface area contributed by atoms with E-state index in [4.69, 9.17) is 13.9 Å². The molecule has 2 aromatic rings. The van der Waals surface area contributed by atoms with Gasteiger partial charge in [-0.15, -0.1) is 0 Å². The van der Waals surface area contributed by atoms with Gasteiger partial charge in [-0.3, -0.25) is 4.79 Å². The summed E-state index contributed by atoms with van der Waals surface area (Å²) in [5.74, 6) is 1.44. The van der Waals surface area contributed by atoms with Crippen LogP contribution in [0.4, 0.5) is 0 Å². The number of ether oxygens (including phenoxy) is 2. The maximum Gasteiger partial charge on any atom is 0.196 e. The lowest BCUT2D eigenvalue weighted by Crippen LogP contribution is -2.39. The van der Waals surface area contributed by atoms with Crippen molar-refractivity contribution in [1.82, 2.24) is 0 Å². The van der Waals surface area contributed by atoms with Gasteiger partial charge in [0, 0.05) is 24.1 Å². The zero-order valence-corrected chi connectivity index (χ0v) is 18.4. The van der Waals surface area contributed by atoms with E-state index in [-0.39, 0.29) is 11.5 Å². The SMILES string of the molecule is CC(C)(O)[C@H]1Cc2c(cc3oc(C4(O)CCCCC4)cc(=O)c3c2OC2CCCC2)O1. The number of aliphatic hydroxyl groups is 2. The molecule has 0 amide bonds. The van der Waals surface area contributed by atoms with E-state index in [1.54, 1.807) is 19.9 Å². The Balaban J connectivity index is 1.65. The van der Waals surface area contributed by atoms with Gasteiger partial charge in [-0.05, 0) is 52.4 Å². The Morgan fingerprint density at radius 3 is 2.48 bits per heavy atom. The first-order chi connectivity index (χ1) is 14.7. The third kappa shape index (κ3) is 3.74. The van der Waals surface area contributed by atoms with Crippen LogP contribution < -0.4 is 14.9 Å². The predicted octanol–water partition coefficient (Wildman–Crippen LogP) is 4.34. The molecule has 2 heterocycles. The molecule has 1 atom stereocenters. The van der Waals surface area contributed by atoms with Crippen molar-refractivity contribution in [3.8, 4) is 11.5 Å². The van der Waals surface area contributed by atoms with Gasteiger partial charge >= 0.3 is 0 Å². The summed E-state index contributed by atoms with van der Waals surface area (Å²) in [4.78, 5) is 13.3. The third-order valence-electron chi connectivity index (χ3n) is 7.21. The van der Waals surface area contributed by atoms with E-state index in [0.717, 1.165) is 50.5 Å². The summed E-state index contributed by atoms with van der Waals surface area (Å²) in [6, 6.07) is 3.18. The fraction of sp³-hybridized carbons (Fsp3) is 0.640. The second-order valence-corrected chi connectivity index (χ2v) is 10.1. The van der Waals surface area contributed by atoms with Gasteiger partial charge in [0.1, 0.15) is 39.9 Å². The van der Waals surface area contributed by atoms with Crippen molar-refractivity contribution in [2.75, 3.05) is 0 Å². The summed E-state index contributed by atoms with van der Waals surface area (Å²) in [6.07, 6.45) is 8.36. The Bertz CT molecular complexity index is 1030. The van der Waals surface area contributed by atoms with Gasteiger partial charge in [0.25, 0.3) is 0 Å². The van der Waals surface area contributed by atoms with E-state index >= 15 is 0 Å². The fourth-order valence-corrected chi connectivity index (χ4v) is 5.29. The Kier molecular flexibility index (Phi) is 5.05. The lowest BCUT2D eigenvalue weighted by Gasteiger charge is -2.31. The van der Waals surface area contributed by atoms with Crippen LogP contribution in [0, 0.1) is 0 Å². The zero-order valence-electron chi connectivity index (χ0n) is 18.4. The molecule has 0 unspecified atom stereocenters. The molecular weight excluding hydrogens is 396 g/mol. The molecule has 0 radical (unpaired) electrons. The van der Waals surface area contributed by atoms with Crippen LogP contribution in [0.1, 0.15) is 83.0 Å². The van der Waals surface area contributed by atoms with Crippen LogP contribution in [0.15, 0.2) is 21.3 Å². The summed E-state index contributed by atoms with van der Waals surface area (Å²) >= 11 is 0. The van der Waals surface area contributed by atoms with Crippen LogP contribution in [0.5, 0.6) is 11.5 Å². The molecule has 5 rings (SSSR count). The lowest BCUT2D eigenvalue weighted by atomic mass is 9.83. The van der Waals surface area contributed by atoms with E-state index in [1.165, 1.54) is 6.07 Å². The summed E-state index contributed by atoms with van der Waals surface area (Å²) in [7, 11) is 0. The van der Waals surface area contributed by atoms with Crippen LogP contribution in [-0.2, 0) is 12.0 Å². The van der Waals surface area contributed by atoms with Crippen LogP contribution in [-0.4, -0.2) is 28.0 Å². The molecule has 168 valence electrons. The highest BCUT2D eigenvalue weighted by Crippen LogP contribution is 2.45. The number of hydrogen-bond donors (Lipinski definition) is 2. The Hall–Kier alpha value is -2.05. The van der Waals surface area contributed by atoms with Gasteiger partial charge in [0.05, 0.1) is 11.7 Å². The van der Waals surface area contributed by atoms with Crippen LogP contribution >= 0.6 is 0 Å². The standard InChI is InChI=1S/C25H32O6/c1-24(2,27)20-12-16-18(30-20)14-19-22(23(16)29-15-8-4-5-9-15)17(26)13-21(31-19)25(28)10-6-3-7-11-25/h13-15,20,27-28H,3-12H2,1-2H3/t20-/m1/s1. The Morgan fingerprint density at radius 1 is 1.10 bits per heavy atom. The molecule has 0 bridgehead atoms. The van der Waals surface area contributed by atoms with Crippen LogP contribution in [0.2, 0.25) is 0 Å². The lowest BCUT2D eigenvalue weighted by molar-refractivity contribution is -0.0230. The maximum absolute atomic E-state index is 13.3. The molecule has 0 saturated heterocycles. The molecule has 31 heavy (non-hydrogen) atoms. The first kappa shape index (κ1) is 20.8. The minimum Gasteiger partial charge on any atom is -0.489 e. The van der Waals surface area contributed by atoms with Gasteiger partial charge in [-0.25, -0.2) is 0 Å².